The molecular weight excluding hydrogens is 246 g/mol. The van der Waals surface area contributed by atoms with Crippen molar-refractivity contribution in [3.63, 3.8) is 0 Å². The number of halogens is 1. The molecule has 0 bridgehead atoms. The van der Waals surface area contributed by atoms with E-state index in [4.69, 9.17) is 16.3 Å². The van der Waals surface area contributed by atoms with Gasteiger partial charge in [0.2, 0.25) is 0 Å². The largest absolute Gasteiger partial charge is 0.379 e. The van der Waals surface area contributed by atoms with Crippen LogP contribution in [0.2, 0.25) is 5.02 Å². The first-order valence-corrected chi connectivity index (χ1v) is 7.10. The van der Waals surface area contributed by atoms with Crippen LogP contribution in [-0.4, -0.2) is 37.7 Å². The van der Waals surface area contributed by atoms with E-state index in [0.29, 0.717) is 0 Å². The Morgan fingerprint density at radius 2 is 1.94 bits per heavy atom. The number of aryl methyl sites for hydroxylation is 2. The van der Waals surface area contributed by atoms with Crippen LogP contribution in [0.4, 0.5) is 0 Å². The summed E-state index contributed by atoms with van der Waals surface area (Å²) in [5, 5.41) is 0.899. The maximum atomic E-state index is 6.22. The molecule has 1 saturated heterocycles. The summed E-state index contributed by atoms with van der Waals surface area (Å²) in [4.78, 5) is 2.48. The summed E-state index contributed by atoms with van der Waals surface area (Å²) >= 11 is 6.22. The zero-order valence-corrected chi connectivity index (χ0v) is 12.1. The molecule has 18 heavy (non-hydrogen) atoms. The first-order chi connectivity index (χ1) is 8.66. The fourth-order valence-electron chi connectivity index (χ4n) is 2.46. The van der Waals surface area contributed by atoms with Crippen LogP contribution >= 0.6 is 11.6 Å². The summed E-state index contributed by atoms with van der Waals surface area (Å²) in [6.07, 6.45) is 2.31. The molecule has 3 heteroatoms. The minimum atomic E-state index is 0.884. The molecule has 1 aliphatic heterocycles. The van der Waals surface area contributed by atoms with E-state index in [1.54, 1.807) is 0 Å². The molecule has 0 spiro atoms. The molecule has 0 aromatic heterocycles. The number of benzene rings is 1. The van der Waals surface area contributed by atoms with Gasteiger partial charge in [-0.25, -0.2) is 0 Å². The van der Waals surface area contributed by atoms with Crippen LogP contribution in [0.1, 0.15) is 23.1 Å². The zero-order chi connectivity index (χ0) is 13.0. The summed E-state index contributed by atoms with van der Waals surface area (Å²) in [5.41, 5.74) is 3.89. The van der Waals surface area contributed by atoms with Gasteiger partial charge >= 0.3 is 0 Å². The molecule has 2 rings (SSSR count). The van der Waals surface area contributed by atoms with Crippen LogP contribution in [0.15, 0.2) is 12.1 Å². The van der Waals surface area contributed by atoms with Gasteiger partial charge in [-0.3, -0.25) is 4.90 Å². The smallest absolute Gasteiger partial charge is 0.0594 e. The van der Waals surface area contributed by atoms with Gasteiger partial charge in [0.25, 0.3) is 0 Å². The molecule has 1 aliphatic rings. The van der Waals surface area contributed by atoms with E-state index in [1.807, 2.05) is 6.07 Å². The molecule has 2 nitrogen and oxygen atoms in total. The summed E-state index contributed by atoms with van der Waals surface area (Å²) < 4.78 is 5.36. The molecule has 0 N–H and O–H groups in total. The molecule has 1 fully saturated rings. The fraction of sp³-hybridized carbons (Fsp3) is 0.600. The Kier molecular flexibility index (Phi) is 5.04. The first-order valence-electron chi connectivity index (χ1n) is 6.72. The normalized spacial score (nSPS) is 17.1. The Bertz CT molecular complexity index is 400. The first kappa shape index (κ1) is 13.9. The Morgan fingerprint density at radius 3 is 2.67 bits per heavy atom. The van der Waals surface area contributed by atoms with Gasteiger partial charge in [0.1, 0.15) is 0 Å². The standard InChI is InChI=1S/C15H22ClNO/c1-12-10-14(13(2)15(16)11-12)4-3-5-17-6-8-18-9-7-17/h10-11H,3-9H2,1-2H3. The van der Waals surface area contributed by atoms with E-state index >= 15 is 0 Å². The van der Waals surface area contributed by atoms with Crippen LogP contribution in [0.3, 0.4) is 0 Å². The van der Waals surface area contributed by atoms with Crippen molar-refractivity contribution >= 4 is 11.6 Å². The van der Waals surface area contributed by atoms with Gasteiger partial charge in [-0.2, -0.15) is 0 Å². The van der Waals surface area contributed by atoms with Crippen molar-refractivity contribution in [2.24, 2.45) is 0 Å². The van der Waals surface area contributed by atoms with Gasteiger partial charge in [-0.05, 0) is 56.0 Å². The summed E-state index contributed by atoms with van der Waals surface area (Å²) in [6, 6.07) is 4.31. The number of rotatable bonds is 4. The Morgan fingerprint density at radius 1 is 1.22 bits per heavy atom. The zero-order valence-electron chi connectivity index (χ0n) is 11.3. The average molecular weight is 268 g/mol. The van der Waals surface area contributed by atoms with E-state index in [1.165, 1.54) is 23.1 Å². The van der Waals surface area contributed by atoms with Gasteiger partial charge in [-0.1, -0.05) is 17.7 Å². The predicted molar refractivity (Wildman–Crippen MR) is 76.5 cm³/mol. The van der Waals surface area contributed by atoms with Crippen LogP contribution in [-0.2, 0) is 11.2 Å². The SMILES string of the molecule is Cc1cc(Cl)c(C)c(CCCN2CCOCC2)c1. The summed E-state index contributed by atoms with van der Waals surface area (Å²) in [5.74, 6) is 0. The van der Waals surface area contributed by atoms with E-state index in [2.05, 4.69) is 24.8 Å². The monoisotopic (exact) mass is 267 g/mol. The molecule has 0 aliphatic carbocycles. The van der Waals surface area contributed by atoms with Crippen molar-refractivity contribution in [2.75, 3.05) is 32.8 Å². The van der Waals surface area contributed by atoms with Crippen molar-refractivity contribution in [1.82, 2.24) is 4.90 Å². The highest BCUT2D eigenvalue weighted by Crippen LogP contribution is 2.22. The maximum absolute atomic E-state index is 6.22. The molecule has 0 atom stereocenters. The van der Waals surface area contributed by atoms with E-state index in [-0.39, 0.29) is 0 Å². The molecule has 0 saturated carbocycles. The summed E-state index contributed by atoms with van der Waals surface area (Å²) in [7, 11) is 0. The van der Waals surface area contributed by atoms with Crippen molar-refractivity contribution in [3.05, 3.63) is 33.8 Å². The summed E-state index contributed by atoms with van der Waals surface area (Å²) in [6.45, 7) is 9.31. The molecule has 0 amide bonds. The molecule has 0 unspecified atom stereocenters. The third kappa shape index (κ3) is 3.71. The second kappa shape index (κ2) is 6.55. The number of morpholine rings is 1. The number of hydrogen-bond acceptors (Lipinski definition) is 2. The van der Waals surface area contributed by atoms with Crippen LogP contribution in [0, 0.1) is 13.8 Å². The fourth-order valence-corrected chi connectivity index (χ4v) is 2.76. The number of nitrogens with zero attached hydrogens (tertiary/aromatic N) is 1. The third-order valence-corrected chi connectivity index (χ3v) is 4.01. The Labute approximate surface area is 115 Å². The van der Waals surface area contributed by atoms with Gasteiger partial charge in [0.15, 0.2) is 0 Å². The van der Waals surface area contributed by atoms with Gasteiger partial charge in [-0.15, -0.1) is 0 Å². The van der Waals surface area contributed by atoms with E-state index in [0.717, 1.165) is 44.3 Å². The Balaban J connectivity index is 1.86. The Hall–Kier alpha value is -0.570. The van der Waals surface area contributed by atoms with Gasteiger partial charge < -0.3 is 4.74 Å². The minimum Gasteiger partial charge on any atom is -0.379 e. The highest BCUT2D eigenvalue weighted by atomic mass is 35.5. The average Bonchev–Trinajstić information content (AvgIpc) is 2.36. The molecule has 100 valence electrons. The molecule has 1 aromatic carbocycles. The van der Waals surface area contributed by atoms with Crippen molar-refractivity contribution in [3.8, 4) is 0 Å². The molecular formula is C15H22ClNO. The second-order valence-corrected chi connectivity index (χ2v) is 5.50. The van der Waals surface area contributed by atoms with Crippen molar-refractivity contribution in [2.45, 2.75) is 26.7 Å². The lowest BCUT2D eigenvalue weighted by Crippen LogP contribution is -2.36. The quantitative estimate of drug-likeness (QED) is 0.831. The van der Waals surface area contributed by atoms with E-state index in [9.17, 15) is 0 Å². The van der Waals surface area contributed by atoms with Crippen LogP contribution in [0.25, 0.3) is 0 Å². The highest BCUT2D eigenvalue weighted by Gasteiger charge is 2.10. The van der Waals surface area contributed by atoms with Gasteiger partial charge in [0.05, 0.1) is 13.2 Å². The molecule has 0 radical (unpaired) electrons. The highest BCUT2D eigenvalue weighted by molar-refractivity contribution is 6.31. The topological polar surface area (TPSA) is 12.5 Å². The lowest BCUT2D eigenvalue weighted by atomic mass is 10.0. The molecule has 1 heterocycles. The number of ether oxygens (including phenoxy) is 1. The van der Waals surface area contributed by atoms with E-state index < -0.39 is 0 Å². The maximum Gasteiger partial charge on any atom is 0.0594 e. The lowest BCUT2D eigenvalue weighted by Gasteiger charge is -2.26. The third-order valence-electron chi connectivity index (χ3n) is 3.62. The lowest BCUT2D eigenvalue weighted by molar-refractivity contribution is 0.0374. The predicted octanol–water partition coefficient (Wildman–Crippen LogP) is 3.22. The van der Waals surface area contributed by atoms with Crippen molar-refractivity contribution < 1.29 is 4.74 Å². The number of hydrogen-bond donors (Lipinski definition) is 0. The van der Waals surface area contributed by atoms with Crippen molar-refractivity contribution in [1.29, 1.82) is 0 Å². The van der Waals surface area contributed by atoms with Crippen LogP contribution < -0.4 is 0 Å². The van der Waals surface area contributed by atoms with Crippen LogP contribution in [0.5, 0.6) is 0 Å². The van der Waals surface area contributed by atoms with Gasteiger partial charge in [0, 0.05) is 18.1 Å². The minimum absolute atomic E-state index is 0.884. The molecule has 1 aromatic rings. The second-order valence-electron chi connectivity index (χ2n) is 5.09.